The number of nitriles is 1. The van der Waals surface area contributed by atoms with Crippen LogP contribution in [-0.4, -0.2) is 43.1 Å². The quantitative estimate of drug-likeness (QED) is 0.323. The Labute approximate surface area is 223 Å². The zero-order valence-electron chi connectivity index (χ0n) is 21.9. The van der Waals surface area contributed by atoms with Gasteiger partial charge in [0, 0.05) is 36.7 Å². The van der Waals surface area contributed by atoms with Crippen LogP contribution in [0.5, 0.6) is 5.75 Å². The second-order valence-electron chi connectivity index (χ2n) is 9.71. The molecule has 0 radical (unpaired) electrons. The van der Waals surface area contributed by atoms with Gasteiger partial charge in [-0.15, -0.1) is 0 Å². The topological polar surface area (TPSA) is 89.0 Å². The third kappa shape index (κ3) is 5.32. The average molecular weight is 509 g/mol. The Balaban J connectivity index is 1.35. The first-order valence-electron chi connectivity index (χ1n) is 13.1. The lowest BCUT2D eigenvalue weighted by atomic mass is 10.0. The van der Waals surface area contributed by atoms with E-state index in [2.05, 4.69) is 28.7 Å². The van der Waals surface area contributed by atoms with Crippen molar-refractivity contribution in [1.29, 1.82) is 5.26 Å². The van der Waals surface area contributed by atoms with E-state index in [-0.39, 0.29) is 18.4 Å². The lowest BCUT2D eigenvalue weighted by Gasteiger charge is -2.36. The van der Waals surface area contributed by atoms with Gasteiger partial charge in [0.05, 0.1) is 49.8 Å². The summed E-state index contributed by atoms with van der Waals surface area (Å²) >= 11 is 0. The largest absolute Gasteiger partial charge is 0.496 e. The van der Waals surface area contributed by atoms with Crippen LogP contribution in [0, 0.1) is 11.3 Å². The van der Waals surface area contributed by atoms with Crippen molar-refractivity contribution in [3.63, 3.8) is 0 Å². The summed E-state index contributed by atoms with van der Waals surface area (Å²) in [5.41, 5.74) is 4.37. The number of hydrogen-bond acceptors (Lipinski definition) is 5. The molecule has 194 valence electrons. The van der Waals surface area contributed by atoms with Crippen LogP contribution >= 0.6 is 0 Å². The van der Waals surface area contributed by atoms with Gasteiger partial charge in [0.1, 0.15) is 11.6 Å². The van der Waals surface area contributed by atoms with Gasteiger partial charge in [-0.2, -0.15) is 5.26 Å². The van der Waals surface area contributed by atoms with E-state index in [0.29, 0.717) is 18.7 Å². The standard InChI is InChI=1S/C30H32N6O2/c1-3-4-7-24-18-34-19-27(26-8-5-6-9-28(26)38-2)33-29(34)20-36(24)30(37)14-25-16-32-21-35(25)17-23-12-10-22(15-31)11-13-23/h5-6,8-13,16,19,21,24H,3-4,7,14,17-18,20H2,1-2H3. The van der Waals surface area contributed by atoms with Crippen molar-refractivity contribution in [2.24, 2.45) is 0 Å². The van der Waals surface area contributed by atoms with Crippen molar-refractivity contribution in [3.05, 3.63) is 89.9 Å². The highest BCUT2D eigenvalue weighted by Gasteiger charge is 2.31. The molecule has 0 saturated heterocycles. The molecule has 1 amide bonds. The lowest BCUT2D eigenvalue weighted by molar-refractivity contribution is -0.135. The summed E-state index contributed by atoms with van der Waals surface area (Å²) in [5, 5.41) is 9.05. The fourth-order valence-electron chi connectivity index (χ4n) is 5.09. The van der Waals surface area contributed by atoms with Crippen LogP contribution in [0.2, 0.25) is 0 Å². The van der Waals surface area contributed by atoms with Crippen LogP contribution in [-0.2, 0) is 30.8 Å². The molecule has 2 aromatic heterocycles. The molecule has 8 heteroatoms. The van der Waals surface area contributed by atoms with Crippen LogP contribution < -0.4 is 4.74 Å². The zero-order chi connectivity index (χ0) is 26.5. The van der Waals surface area contributed by atoms with Gasteiger partial charge in [-0.1, -0.05) is 44.0 Å². The monoisotopic (exact) mass is 508 g/mol. The number of unbranched alkanes of at least 4 members (excludes halogenated alkanes) is 1. The number of para-hydroxylation sites is 1. The van der Waals surface area contributed by atoms with Gasteiger partial charge >= 0.3 is 0 Å². The highest BCUT2D eigenvalue weighted by atomic mass is 16.5. The third-order valence-electron chi connectivity index (χ3n) is 7.18. The summed E-state index contributed by atoms with van der Waals surface area (Å²) in [6.45, 7) is 3.99. The molecule has 0 saturated carbocycles. The van der Waals surface area contributed by atoms with Crippen molar-refractivity contribution in [2.75, 3.05) is 7.11 Å². The minimum absolute atomic E-state index is 0.0840. The van der Waals surface area contributed by atoms with Gasteiger partial charge in [0.2, 0.25) is 5.91 Å². The number of ether oxygens (including phenoxy) is 1. The maximum Gasteiger partial charge on any atom is 0.229 e. The van der Waals surface area contributed by atoms with Crippen molar-refractivity contribution < 1.29 is 9.53 Å². The van der Waals surface area contributed by atoms with Gasteiger partial charge in [0.25, 0.3) is 0 Å². The molecule has 1 unspecified atom stereocenters. The number of amides is 1. The van der Waals surface area contributed by atoms with Crippen LogP contribution in [0.25, 0.3) is 11.3 Å². The lowest BCUT2D eigenvalue weighted by Crippen LogP contribution is -2.47. The first kappa shape index (κ1) is 25.3. The van der Waals surface area contributed by atoms with E-state index < -0.39 is 0 Å². The number of rotatable bonds is 9. The molecule has 0 spiro atoms. The highest BCUT2D eigenvalue weighted by molar-refractivity contribution is 5.79. The molecule has 0 N–H and O–H groups in total. The molecule has 38 heavy (non-hydrogen) atoms. The number of carbonyl (C=O) groups excluding carboxylic acids is 1. The normalized spacial score (nSPS) is 14.7. The van der Waals surface area contributed by atoms with E-state index in [1.54, 1.807) is 19.6 Å². The Morgan fingerprint density at radius 1 is 1.18 bits per heavy atom. The second kappa shape index (κ2) is 11.3. The number of methoxy groups -OCH3 is 1. The Hall–Kier alpha value is -4.38. The molecule has 4 aromatic rings. The average Bonchev–Trinajstić information content (AvgIpc) is 3.57. The van der Waals surface area contributed by atoms with Gasteiger partial charge in [0.15, 0.2) is 0 Å². The maximum atomic E-state index is 13.7. The van der Waals surface area contributed by atoms with Crippen molar-refractivity contribution >= 4 is 5.91 Å². The zero-order valence-corrected chi connectivity index (χ0v) is 21.9. The van der Waals surface area contributed by atoms with Gasteiger partial charge in [-0.05, 0) is 36.2 Å². The predicted molar refractivity (Wildman–Crippen MR) is 144 cm³/mol. The van der Waals surface area contributed by atoms with E-state index in [4.69, 9.17) is 15.0 Å². The van der Waals surface area contributed by atoms with E-state index >= 15 is 0 Å². The van der Waals surface area contributed by atoms with E-state index in [1.165, 1.54) is 0 Å². The summed E-state index contributed by atoms with van der Waals surface area (Å²) < 4.78 is 9.75. The van der Waals surface area contributed by atoms with Crippen molar-refractivity contribution in [1.82, 2.24) is 24.0 Å². The highest BCUT2D eigenvalue weighted by Crippen LogP contribution is 2.31. The number of fused-ring (bicyclic) bond motifs is 1. The molecule has 1 atom stereocenters. The molecule has 8 nitrogen and oxygen atoms in total. The van der Waals surface area contributed by atoms with Crippen LogP contribution in [0.3, 0.4) is 0 Å². The summed E-state index contributed by atoms with van der Waals surface area (Å²) in [6, 6.07) is 17.6. The number of benzene rings is 2. The van der Waals surface area contributed by atoms with E-state index in [0.717, 1.165) is 59.9 Å². The fourth-order valence-corrected chi connectivity index (χ4v) is 5.09. The summed E-state index contributed by atoms with van der Waals surface area (Å²) in [4.78, 5) is 24.9. The second-order valence-corrected chi connectivity index (χ2v) is 9.71. The van der Waals surface area contributed by atoms with Crippen LogP contribution in [0.1, 0.15) is 48.8 Å². The molecule has 0 fully saturated rings. The molecular formula is C30H32N6O2. The first-order valence-corrected chi connectivity index (χ1v) is 13.1. The van der Waals surface area contributed by atoms with Gasteiger partial charge in [-0.3, -0.25) is 4.79 Å². The minimum atomic E-state index is 0.0840. The number of nitrogens with zero attached hydrogens (tertiary/aromatic N) is 6. The summed E-state index contributed by atoms with van der Waals surface area (Å²) in [7, 11) is 1.67. The molecule has 1 aliphatic heterocycles. The van der Waals surface area contributed by atoms with Crippen LogP contribution in [0.15, 0.2) is 67.3 Å². The number of carbonyl (C=O) groups is 1. The molecule has 1 aliphatic rings. The fraction of sp³-hybridized carbons (Fsp3) is 0.333. The SMILES string of the molecule is CCCCC1Cn2cc(-c3ccccc3OC)nc2CN1C(=O)Cc1cncn1Cc1ccc(C#N)cc1. The van der Waals surface area contributed by atoms with E-state index in [1.807, 2.05) is 58.0 Å². The molecule has 5 rings (SSSR count). The third-order valence-corrected chi connectivity index (χ3v) is 7.18. The molecular weight excluding hydrogens is 476 g/mol. The maximum absolute atomic E-state index is 13.7. The van der Waals surface area contributed by atoms with Crippen molar-refractivity contribution in [2.45, 2.75) is 58.3 Å². The summed E-state index contributed by atoms with van der Waals surface area (Å²) in [6.07, 6.45) is 8.99. The Morgan fingerprint density at radius 3 is 2.76 bits per heavy atom. The Bertz CT molecular complexity index is 1450. The Kier molecular flexibility index (Phi) is 7.55. The molecule has 2 aromatic carbocycles. The number of imidazole rings is 2. The number of aromatic nitrogens is 4. The molecule has 0 bridgehead atoms. The predicted octanol–water partition coefficient (Wildman–Crippen LogP) is 4.82. The van der Waals surface area contributed by atoms with Crippen molar-refractivity contribution in [3.8, 4) is 23.1 Å². The smallest absolute Gasteiger partial charge is 0.229 e. The number of hydrogen-bond donors (Lipinski definition) is 0. The van der Waals surface area contributed by atoms with Gasteiger partial charge < -0.3 is 18.8 Å². The molecule has 3 heterocycles. The van der Waals surface area contributed by atoms with Gasteiger partial charge in [-0.25, -0.2) is 9.97 Å². The first-order chi connectivity index (χ1) is 18.6. The minimum Gasteiger partial charge on any atom is -0.496 e. The molecule has 0 aliphatic carbocycles. The Morgan fingerprint density at radius 2 is 2.00 bits per heavy atom. The van der Waals surface area contributed by atoms with Crippen LogP contribution in [0.4, 0.5) is 0 Å². The van der Waals surface area contributed by atoms with E-state index in [9.17, 15) is 4.79 Å². The summed E-state index contributed by atoms with van der Waals surface area (Å²) in [5.74, 6) is 1.76.